The first kappa shape index (κ1) is 201. The molecule has 0 bridgehead atoms. The molecule has 0 fully saturated rings. The zero-order chi connectivity index (χ0) is 0. The van der Waals surface area contributed by atoms with Crippen LogP contribution in [-0.4, -0.2) is 21.9 Å². The van der Waals surface area contributed by atoms with Gasteiger partial charge in [-0.1, -0.05) is 0 Å². The Labute approximate surface area is 62.9 Å². The summed E-state index contributed by atoms with van der Waals surface area (Å²) in [6.45, 7) is 0. The number of hydrogen-bond donors (Lipinski definition) is 0. The maximum absolute atomic E-state index is 0. The largest absolute Gasteiger partial charge is 2.00 e. The molecule has 0 saturated heterocycles. The minimum Gasteiger partial charge on any atom is -0.870 e. The third kappa shape index (κ3) is 66.0. The summed E-state index contributed by atoms with van der Waals surface area (Å²) >= 11 is 0. The molecule has 0 saturated carbocycles. The SMILES string of the molecule is [OH-].[OH-].[OH-].[OH-].[Pd+2].[Pd+2]. The fourth-order valence-corrected chi connectivity index (χ4v) is 0. The minimum absolute atomic E-state index is 0. The van der Waals surface area contributed by atoms with Crippen molar-refractivity contribution in [3.8, 4) is 0 Å². The second-order valence-corrected chi connectivity index (χ2v) is 0. The monoisotopic (exact) mass is 280 g/mol. The van der Waals surface area contributed by atoms with Gasteiger partial charge < -0.3 is 21.9 Å². The average Bonchev–Trinajstić information content (AvgIpc) is 0. The van der Waals surface area contributed by atoms with E-state index in [9.17, 15) is 0 Å². The van der Waals surface area contributed by atoms with Crippen LogP contribution in [0.3, 0.4) is 0 Å². The molecular weight excluding hydrogens is 277 g/mol. The van der Waals surface area contributed by atoms with Crippen molar-refractivity contribution in [2.24, 2.45) is 0 Å². The van der Waals surface area contributed by atoms with Crippen molar-refractivity contribution >= 4 is 0 Å². The van der Waals surface area contributed by atoms with E-state index in [0.29, 0.717) is 0 Å². The summed E-state index contributed by atoms with van der Waals surface area (Å²) < 4.78 is 0. The molecule has 0 aliphatic rings. The van der Waals surface area contributed by atoms with E-state index in [1.54, 1.807) is 0 Å². The van der Waals surface area contributed by atoms with Crippen LogP contribution in [-0.2, 0) is 40.8 Å². The summed E-state index contributed by atoms with van der Waals surface area (Å²) in [6.07, 6.45) is 0. The smallest absolute Gasteiger partial charge is 0.870 e. The van der Waals surface area contributed by atoms with Gasteiger partial charge in [0.1, 0.15) is 0 Å². The summed E-state index contributed by atoms with van der Waals surface area (Å²) in [4.78, 5) is 0. The predicted octanol–water partition coefficient (Wildman–Crippen LogP) is -0.712. The third-order valence-corrected chi connectivity index (χ3v) is 0. The standard InChI is InChI=1S/4H2O.2Pd/h4*1H2;;/q;;;;2*+2/p-4. The van der Waals surface area contributed by atoms with Gasteiger partial charge in [0.25, 0.3) is 0 Å². The molecule has 0 heterocycles. The van der Waals surface area contributed by atoms with Gasteiger partial charge in [-0.05, 0) is 0 Å². The van der Waals surface area contributed by atoms with Crippen LogP contribution in [0.4, 0.5) is 0 Å². The van der Waals surface area contributed by atoms with E-state index in [1.807, 2.05) is 0 Å². The van der Waals surface area contributed by atoms with E-state index in [2.05, 4.69) is 0 Å². The molecule has 4 nitrogen and oxygen atoms in total. The molecule has 6 heavy (non-hydrogen) atoms. The normalized spacial score (nSPS) is 0. The zero-order valence-electron chi connectivity index (χ0n) is 2.42. The second kappa shape index (κ2) is 121. The van der Waals surface area contributed by atoms with Crippen molar-refractivity contribution in [2.75, 3.05) is 0 Å². The quantitative estimate of drug-likeness (QED) is 0.544. The third-order valence-electron chi connectivity index (χ3n) is 0. The molecule has 0 aromatic rings. The predicted molar refractivity (Wildman–Crippen MR) is 7.74 cm³/mol. The zero-order valence-corrected chi connectivity index (χ0v) is 5.53. The molecule has 0 unspecified atom stereocenters. The molecule has 4 N–H and O–H groups in total. The Kier molecular flexibility index (Phi) is 4060. The van der Waals surface area contributed by atoms with E-state index in [1.165, 1.54) is 0 Å². The summed E-state index contributed by atoms with van der Waals surface area (Å²) in [5.74, 6) is 0. The average molecular weight is 281 g/mol. The fraction of sp³-hybridized carbons (Fsp3) is 0. The van der Waals surface area contributed by atoms with E-state index >= 15 is 0 Å². The van der Waals surface area contributed by atoms with Gasteiger partial charge in [-0.25, -0.2) is 0 Å². The Morgan fingerprint density at radius 1 is 0.333 bits per heavy atom. The van der Waals surface area contributed by atoms with Crippen LogP contribution in [0.25, 0.3) is 0 Å². The topological polar surface area (TPSA) is 120 Å². The molecule has 0 aliphatic heterocycles. The minimum atomic E-state index is 0. The van der Waals surface area contributed by atoms with Crippen molar-refractivity contribution in [3.05, 3.63) is 0 Å². The summed E-state index contributed by atoms with van der Waals surface area (Å²) in [6, 6.07) is 0. The van der Waals surface area contributed by atoms with Crippen LogP contribution < -0.4 is 0 Å². The van der Waals surface area contributed by atoms with Gasteiger partial charge in [0.05, 0.1) is 0 Å². The molecule has 0 aromatic heterocycles. The molecule has 0 spiro atoms. The molecule has 0 radical (unpaired) electrons. The molecular formula is H4O4Pd2. The van der Waals surface area contributed by atoms with Crippen molar-refractivity contribution < 1.29 is 62.8 Å². The van der Waals surface area contributed by atoms with Crippen molar-refractivity contribution in [2.45, 2.75) is 0 Å². The van der Waals surface area contributed by atoms with Gasteiger partial charge in [-0.2, -0.15) is 0 Å². The van der Waals surface area contributed by atoms with Gasteiger partial charge in [0.2, 0.25) is 0 Å². The second-order valence-electron chi connectivity index (χ2n) is 0. The van der Waals surface area contributed by atoms with Gasteiger partial charge in [0.15, 0.2) is 0 Å². The molecule has 0 aliphatic carbocycles. The van der Waals surface area contributed by atoms with Crippen LogP contribution in [0.5, 0.6) is 0 Å². The van der Waals surface area contributed by atoms with Crippen molar-refractivity contribution in [1.82, 2.24) is 0 Å². The summed E-state index contributed by atoms with van der Waals surface area (Å²) in [5, 5.41) is 0. The molecule has 0 rings (SSSR count). The Balaban J connectivity index is 0. The summed E-state index contributed by atoms with van der Waals surface area (Å²) in [5.41, 5.74) is 0. The summed E-state index contributed by atoms with van der Waals surface area (Å²) in [7, 11) is 0. The van der Waals surface area contributed by atoms with Gasteiger partial charge in [-0.3, -0.25) is 0 Å². The Hall–Kier alpha value is 1.16. The molecule has 48 valence electrons. The van der Waals surface area contributed by atoms with Crippen LogP contribution in [0, 0.1) is 0 Å². The van der Waals surface area contributed by atoms with Crippen LogP contribution >= 0.6 is 0 Å². The fourth-order valence-electron chi connectivity index (χ4n) is 0. The first-order valence-electron chi connectivity index (χ1n) is 0. The molecule has 6 heteroatoms. The van der Waals surface area contributed by atoms with Gasteiger partial charge in [-0.15, -0.1) is 0 Å². The van der Waals surface area contributed by atoms with Crippen molar-refractivity contribution in [3.63, 3.8) is 0 Å². The first-order chi connectivity index (χ1) is 0. The van der Waals surface area contributed by atoms with Crippen LogP contribution in [0.1, 0.15) is 0 Å². The maximum atomic E-state index is 0. The Morgan fingerprint density at radius 3 is 0.333 bits per heavy atom. The van der Waals surface area contributed by atoms with Gasteiger partial charge in [0, 0.05) is 0 Å². The molecule has 0 aromatic carbocycles. The number of rotatable bonds is 0. The first-order valence-corrected chi connectivity index (χ1v) is 0. The van der Waals surface area contributed by atoms with Crippen LogP contribution in [0.15, 0.2) is 0 Å². The van der Waals surface area contributed by atoms with Crippen molar-refractivity contribution in [1.29, 1.82) is 0 Å². The Bertz CT molecular complexity index is 5.51. The van der Waals surface area contributed by atoms with E-state index in [-0.39, 0.29) is 62.8 Å². The van der Waals surface area contributed by atoms with Crippen LogP contribution in [0.2, 0.25) is 0 Å². The van der Waals surface area contributed by atoms with E-state index < -0.39 is 0 Å². The maximum Gasteiger partial charge on any atom is 2.00 e. The van der Waals surface area contributed by atoms with Gasteiger partial charge >= 0.3 is 40.8 Å². The van der Waals surface area contributed by atoms with E-state index in [4.69, 9.17) is 0 Å². The Morgan fingerprint density at radius 2 is 0.333 bits per heavy atom. The molecule has 0 amide bonds. The van der Waals surface area contributed by atoms with E-state index in [0.717, 1.165) is 0 Å². The molecule has 0 atom stereocenters. The number of hydrogen-bond acceptors (Lipinski definition) is 4.